The molecule has 6 heterocycles. The molecule has 0 spiro atoms. The first-order chi connectivity index (χ1) is 25.3. The molecule has 10 nitrogen and oxygen atoms in total. The zero-order valence-electron chi connectivity index (χ0n) is 29.2. The van der Waals surface area contributed by atoms with Crippen LogP contribution in [0.25, 0.3) is 22.2 Å². The molecule has 9 rings (SSSR count). The predicted octanol–water partition coefficient (Wildman–Crippen LogP) is 6.04. The van der Waals surface area contributed by atoms with Crippen LogP contribution in [0.1, 0.15) is 69.3 Å². The monoisotopic (exact) mass is 728 g/mol. The number of hydrogen-bond acceptors (Lipinski definition) is 9. The molecule has 0 bridgehead atoms. The van der Waals surface area contributed by atoms with Gasteiger partial charge < -0.3 is 14.5 Å². The van der Waals surface area contributed by atoms with Crippen LogP contribution >= 0.6 is 11.6 Å². The van der Waals surface area contributed by atoms with Gasteiger partial charge in [-0.25, -0.2) is 8.78 Å². The number of ether oxygens (including phenoxy) is 1. The Bertz CT molecular complexity index is 1970. The van der Waals surface area contributed by atoms with E-state index in [4.69, 9.17) is 21.3 Å². The number of halogens is 3. The Hall–Kier alpha value is -3.92. The van der Waals surface area contributed by atoms with Crippen LogP contribution in [0.4, 0.5) is 14.6 Å². The van der Waals surface area contributed by atoms with Crippen LogP contribution < -0.4 is 9.64 Å². The first-order valence-electron chi connectivity index (χ1n) is 18.9. The van der Waals surface area contributed by atoms with E-state index >= 15 is 4.39 Å². The summed E-state index contributed by atoms with van der Waals surface area (Å²) in [5.41, 5.74) is 1.34. The normalized spacial score (nSPS) is 28.0. The topological polar surface area (TPSA) is 102 Å². The maximum absolute atomic E-state index is 16.9. The number of anilines is 1. The lowest BCUT2D eigenvalue weighted by Gasteiger charge is -2.41. The van der Waals surface area contributed by atoms with Crippen molar-refractivity contribution < 1.29 is 18.3 Å². The van der Waals surface area contributed by atoms with Gasteiger partial charge in [-0.1, -0.05) is 29.8 Å². The molecule has 6 fully saturated rings. The molecule has 4 saturated heterocycles. The number of pyridine rings is 1. The van der Waals surface area contributed by atoms with Gasteiger partial charge in [0.1, 0.15) is 29.8 Å². The van der Waals surface area contributed by atoms with Crippen LogP contribution in [0.2, 0.25) is 5.02 Å². The van der Waals surface area contributed by atoms with Gasteiger partial charge >= 0.3 is 6.01 Å². The molecule has 1 amide bonds. The SMILES string of the molecule is N#CC[C@H]1CN(c2nc(OC[C@@]34CCCN3C[C@H](F)C4)nc3c(F)c(-c4cccc(Cl)c4C4CC4)ncc23)CCN1C(=O)/C=C/[C@H]1CCN1C1CC1. The number of rotatable bonds is 10. The highest BCUT2D eigenvalue weighted by Gasteiger charge is 2.49. The Labute approximate surface area is 307 Å². The number of benzene rings is 1. The molecule has 1 aromatic carbocycles. The summed E-state index contributed by atoms with van der Waals surface area (Å²) < 4.78 is 37.8. The molecule has 13 heteroatoms. The van der Waals surface area contributed by atoms with E-state index in [1.165, 1.54) is 12.8 Å². The number of amides is 1. The van der Waals surface area contributed by atoms with Gasteiger partial charge in [0.05, 0.1) is 29.5 Å². The largest absolute Gasteiger partial charge is 0.461 e. The van der Waals surface area contributed by atoms with Crippen molar-refractivity contribution in [3.05, 3.63) is 53.0 Å². The third-order valence-electron chi connectivity index (χ3n) is 12.1. The summed E-state index contributed by atoms with van der Waals surface area (Å²) in [6.07, 6.45) is 12.2. The zero-order valence-corrected chi connectivity index (χ0v) is 29.9. The van der Waals surface area contributed by atoms with Crippen LogP contribution in [-0.2, 0) is 4.79 Å². The van der Waals surface area contributed by atoms with E-state index in [1.807, 2.05) is 29.2 Å². The van der Waals surface area contributed by atoms with Crippen LogP contribution in [-0.4, -0.2) is 111 Å². The number of carbonyl (C=O) groups is 1. The lowest BCUT2D eigenvalue weighted by molar-refractivity contribution is -0.128. The van der Waals surface area contributed by atoms with Gasteiger partial charge in [-0.2, -0.15) is 15.2 Å². The second-order valence-corrected chi connectivity index (χ2v) is 15.9. The van der Waals surface area contributed by atoms with Gasteiger partial charge in [0, 0.05) is 74.1 Å². The average Bonchev–Trinajstić information content (AvgIpc) is 4.06. The molecule has 52 heavy (non-hydrogen) atoms. The molecule has 4 aliphatic heterocycles. The van der Waals surface area contributed by atoms with Crippen molar-refractivity contribution in [1.82, 2.24) is 29.7 Å². The maximum atomic E-state index is 16.9. The summed E-state index contributed by atoms with van der Waals surface area (Å²) in [4.78, 5) is 36.0. The first-order valence-corrected chi connectivity index (χ1v) is 19.2. The molecule has 6 aliphatic rings. The van der Waals surface area contributed by atoms with Crippen molar-refractivity contribution in [3.8, 4) is 23.3 Å². The van der Waals surface area contributed by atoms with Crippen molar-refractivity contribution in [2.75, 3.05) is 50.8 Å². The maximum Gasteiger partial charge on any atom is 0.319 e. The van der Waals surface area contributed by atoms with Crippen molar-refractivity contribution in [2.24, 2.45) is 0 Å². The van der Waals surface area contributed by atoms with Crippen molar-refractivity contribution in [1.29, 1.82) is 5.26 Å². The van der Waals surface area contributed by atoms with E-state index in [9.17, 15) is 14.4 Å². The number of hydrogen-bond donors (Lipinski definition) is 0. The van der Waals surface area contributed by atoms with E-state index in [2.05, 4.69) is 25.8 Å². The predicted molar refractivity (Wildman–Crippen MR) is 193 cm³/mol. The molecule has 0 radical (unpaired) electrons. The Morgan fingerprint density at radius 3 is 2.75 bits per heavy atom. The number of aromatic nitrogens is 3. The summed E-state index contributed by atoms with van der Waals surface area (Å²) in [7, 11) is 0. The molecular formula is C39H43ClF2N8O2. The van der Waals surface area contributed by atoms with Crippen LogP contribution in [0.15, 0.2) is 36.5 Å². The quantitative estimate of drug-likeness (QED) is 0.231. The van der Waals surface area contributed by atoms with E-state index < -0.39 is 23.6 Å². The summed E-state index contributed by atoms with van der Waals surface area (Å²) in [5, 5.41) is 10.8. The zero-order chi connectivity index (χ0) is 35.6. The minimum Gasteiger partial charge on any atom is -0.461 e. The fourth-order valence-electron chi connectivity index (χ4n) is 9.09. The van der Waals surface area contributed by atoms with Gasteiger partial charge in [-0.05, 0) is 69.0 Å². The Morgan fingerprint density at radius 1 is 1.12 bits per heavy atom. The Morgan fingerprint density at radius 2 is 1.98 bits per heavy atom. The molecule has 0 N–H and O–H groups in total. The third-order valence-corrected chi connectivity index (χ3v) is 12.5. The lowest BCUT2D eigenvalue weighted by atomic mass is 9.95. The molecular weight excluding hydrogens is 686 g/mol. The van der Waals surface area contributed by atoms with Gasteiger partial charge in [0.25, 0.3) is 0 Å². The number of piperazine rings is 1. The summed E-state index contributed by atoms with van der Waals surface area (Å²) >= 11 is 6.64. The van der Waals surface area contributed by atoms with Crippen LogP contribution in [0, 0.1) is 17.1 Å². The van der Waals surface area contributed by atoms with Gasteiger partial charge in [0.15, 0.2) is 5.82 Å². The Kier molecular flexibility index (Phi) is 8.79. The molecule has 4 atom stereocenters. The van der Waals surface area contributed by atoms with Crippen LogP contribution in [0.3, 0.4) is 0 Å². The van der Waals surface area contributed by atoms with E-state index in [0.717, 1.165) is 50.8 Å². The van der Waals surface area contributed by atoms with Gasteiger partial charge in [0.2, 0.25) is 5.91 Å². The second-order valence-electron chi connectivity index (χ2n) is 15.5. The smallest absolute Gasteiger partial charge is 0.319 e. The second kappa shape index (κ2) is 13.5. The number of nitriles is 1. The van der Waals surface area contributed by atoms with E-state index in [-0.39, 0.29) is 42.1 Å². The van der Waals surface area contributed by atoms with Gasteiger partial charge in [-0.15, -0.1) is 0 Å². The Balaban J connectivity index is 1.04. The number of fused-ring (bicyclic) bond motifs is 2. The van der Waals surface area contributed by atoms with E-state index in [0.29, 0.717) is 66.5 Å². The highest BCUT2D eigenvalue weighted by atomic mass is 35.5. The molecule has 2 saturated carbocycles. The van der Waals surface area contributed by atoms with Crippen molar-refractivity contribution in [2.45, 2.75) is 93.5 Å². The number of alkyl halides is 1. The van der Waals surface area contributed by atoms with Crippen molar-refractivity contribution in [3.63, 3.8) is 0 Å². The number of carbonyl (C=O) groups excluding carboxylic acids is 1. The lowest BCUT2D eigenvalue weighted by Crippen LogP contribution is -2.55. The highest BCUT2D eigenvalue weighted by molar-refractivity contribution is 6.32. The minimum absolute atomic E-state index is 0.00887. The van der Waals surface area contributed by atoms with Crippen LogP contribution in [0.5, 0.6) is 6.01 Å². The summed E-state index contributed by atoms with van der Waals surface area (Å²) in [6, 6.07) is 8.31. The molecule has 3 aromatic rings. The average molecular weight is 729 g/mol. The summed E-state index contributed by atoms with van der Waals surface area (Å²) in [5.74, 6) is -0.00411. The van der Waals surface area contributed by atoms with Crippen molar-refractivity contribution >= 4 is 34.2 Å². The standard InChI is InChI=1S/C39H43ClF2N8O2/c40-31-4-1-3-29(33(31)24-5-6-24)35-34(42)36-30(20-44-35)37(46-38(45-36)52-23-39-13-2-15-48(39)21-25(41)19-39)47-17-18-50(28(22-47)11-14-43)32(51)10-9-27-12-16-49(27)26-7-8-26/h1,3-4,9-10,20,24-28H,2,5-8,11-13,15-19,21-23H2/b10-9+/t25-,27+,28+,39+/m1/s1. The molecule has 0 unspecified atom stereocenters. The minimum atomic E-state index is -0.918. The highest BCUT2D eigenvalue weighted by Crippen LogP contribution is 2.48. The number of likely N-dealkylation sites (tertiary alicyclic amines) is 1. The van der Waals surface area contributed by atoms with E-state index in [1.54, 1.807) is 17.2 Å². The molecule has 2 aromatic heterocycles. The summed E-state index contributed by atoms with van der Waals surface area (Å²) in [6.45, 7) is 3.58. The molecule has 272 valence electrons. The number of nitrogens with zero attached hydrogens (tertiary/aromatic N) is 8. The molecule has 2 aliphatic carbocycles. The first kappa shape index (κ1) is 33.9. The fourth-order valence-corrected chi connectivity index (χ4v) is 9.42. The van der Waals surface area contributed by atoms with Gasteiger partial charge in [-0.3, -0.25) is 19.6 Å². The fraction of sp³-hybridized carbons (Fsp3) is 0.564. The third kappa shape index (κ3) is 6.18.